The van der Waals surface area contributed by atoms with Crippen molar-refractivity contribution in [1.82, 2.24) is 5.09 Å². The van der Waals surface area contributed by atoms with Gasteiger partial charge in [0.25, 0.3) is 0 Å². The standard InChI is InChI=1S/C14H24NOP/c1-12(2)11-15-17(16,14(3,4)5)13-9-7-6-8-10-13/h6-10,12H,11H2,1-5H3,(H,15,16)/t17-/m0/s1. The Kier molecular flexibility index (Phi) is 4.57. The van der Waals surface area contributed by atoms with Gasteiger partial charge in [0, 0.05) is 17.0 Å². The zero-order valence-corrected chi connectivity index (χ0v) is 12.4. The molecular formula is C14H24NOP. The van der Waals surface area contributed by atoms with Crippen LogP contribution in [0.3, 0.4) is 0 Å². The second-order valence-electron chi connectivity index (χ2n) is 5.87. The molecule has 1 aromatic carbocycles. The normalized spacial score (nSPS) is 15.9. The predicted molar refractivity (Wildman–Crippen MR) is 76.3 cm³/mol. The third kappa shape index (κ3) is 3.43. The molecule has 1 aromatic rings. The first-order valence-corrected chi connectivity index (χ1v) is 7.89. The maximum absolute atomic E-state index is 13.2. The van der Waals surface area contributed by atoms with Crippen LogP contribution < -0.4 is 10.4 Å². The number of rotatable bonds is 4. The Balaban J connectivity index is 3.08. The highest BCUT2D eigenvalue weighted by atomic mass is 31.2. The van der Waals surface area contributed by atoms with Crippen molar-refractivity contribution >= 4 is 12.6 Å². The highest BCUT2D eigenvalue weighted by molar-refractivity contribution is 7.71. The van der Waals surface area contributed by atoms with Crippen molar-refractivity contribution in [2.45, 2.75) is 39.8 Å². The minimum atomic E-state index is -2.56. The smallest absolute Gasteiger partial charge is 0.181 e. The van der Waals surface area contributed by atoms with Gasteiger partial charge in [-0.15, -0.1) is 0 Å². The largest absolute Gasteiger partial charge is 0.301 e. The molecule has 0 heterocycles. The summed E-state index contributed by atoms with van der Waals surface area (Å²) in [5, 5.41) is 3.97. The van der Waals surface area contributed by atoms with Gasteiger partial charge in [-0.1, -0.05) is 65.0 Å². The molecule has 96 valence electrons. The summed E-state index contributed by atoms with van der Waals surface area (Å²) in [4.78, 5) is 0. The first-order chi connectivity index (χ1) is 7.77. The molecule has 1 N–H and O–H groups in total. The summed E-state index contributed by atoms with van der Waals surface area (Å²) >= 11 is 0. The van der Waals surface area contributed by atoms with Crippen LogP contribution in [0.2, 0.25) is 0 Å². The average molecular weight is 253 g/mol. The van der Waals surface area contributed by atoms with Crippen LogP contribution >= 0.6 is 7.29 Å². The monoisotopic (exact) mass is 253 g/mol. The van der Waals surface area contributed by atoms with Crippen molar-refractivity contribution in [3.63, 3.8) is 0 Å². The Morgan fingerprint density at radius 3 is 2.12 bits per heavy atom. The third-order valence-electron chi connectivity index (χ3n) is 2.79. The summed E-state index contributed by atoms with van der Waals surface area (Å²) < 4.78 is 13.2. The summed E-state index contributed by atoms with van der Waals surface area (Å²) in [6.45, 7) is 11.1. The minimum absolute atomic E-state index is 0.261. The molecule has 0 aliphatic rings. The molecule has 1 rings (SSSR count). The Morgan fingerprint density at radius 1 is 1.18 bits per heavy atom. The van der Waals surface area contributed by atoms with Crippen molar-refractivity contribution in [3.05, 3.63) is 30.3 Å². The molecule has 0 aromatic heterocycles. The number of benzene rings is 1. The fourth-order valence-electron chi connectivity index (χ4n) is 1.66. The maximum atomic E-state index is 13.2. The lowest BCUT2D eigenvalue weighted by atomic mass is 10.2. The van der Waals surface area contributed by atoms with Crippen LogP contribution in [0.25, 0.3) is 0 Å². The summed E-state index contributed by atoms with van der Waals surface area (Å²) in [7, 11) is -2.56. The van der Waals surface area contributed by atoms with E-state index in [1.807, 2.05) is 51.1 Å². The molecule has 0 spiro atoms. The zero-order chi connectivity index (χ0) is 13.1. The Hall–Kier alpha value is -0.590. The predicted octanol–water partition coefficient (Wildman–Crippen LogP) is 3.63. The van der Waals surface area contributed by atoms with E-state index in [4.69, 9.17) is 0 Å². The highest BCUT2D eigenvalue weighted by Gasteiger charge is 2.37. The van der Waals surface area contributed by atoms with Gasteiger partial charge >= 0.3 is 0 Å². The van der Waals surface area contributed by atoms with E-state index in [9.17, 15) is 4.57 Å². The van der Waals surface area contributed by atoms with Crippen LogP contribution in [0.1, 0.15) is 34.6 Å². The van der Waals surface area contributed by atoms with Crippen molar-refractivity contribution in [3.8, 4) is 0 Å². The number of nitrogens with one attached hydrogen (secondary N) is 1. The lowest BCUT2D eigenvalue weighted by molar-refractivity contribution is 0.531. The number of hydrogen-bond donors (Lipinski definition) is 1. The Labute approximate surface area is 105 Å². The van der Waals surface area contributed by atoms with Gasteiger partial charge in [0.05, 0.1) is 0 Å². The molecule has 0 aliphatic carbocycles. The first kappa shape index (κ1) is 14.5. The lowest BCUT2D eigenvalue weighted by Gasteiger charge is -2.33. The van der Waals surface area contributed by atoms with Gasteiger partial charge < -0.3 is 4.57 Å². The van der Waals surface area contributed by atoms with Crippen molar-refractivity contribution in [2.75, 3.05) is 6.54 Å². The fourth-order valence-corrected chi connectivity index (χ4v) is 4.31. The van der Waals surface area contributed by atoms with Gasteiger partial charge in [-0.3, -0.25) is 5.09 Å². The van der Waals surface area contributed by atoms with E-state index >= 15 is 0 Å². The molecule has 0 saturated carbocycles. The molecular weight excluding hydrogens is 229 g/mol. The van der Waals surface area contributed by atoms with Crippen LogP contribution in [0.5, 0.6) is 0 Å². The van der Waals surface area contributed by atoms with Gasteiger partial charge in [0.15, 0.2) is 7.29 Å². The molecule has 1 atom stereocenters. The molecule has 0 bridgehead atoms. The summed E-state index contributed by atoms with van der Waals surface area (Å²) in [6, 6.07) is 9.77. The van der Waals surface area contributed by atoms with Gasteiger partial charge in [-0.2, -0.15) is 0 Å². The van der Waals surface area contributed by atoms with Gasteiger partial charge in [0.2, 0.25) is 0 Å². The molecule has 0 unspecified atom stereocenters. The van der Waals surface area contributed by atoms with E-state index in [0.717, 1.165) is 11.8 Å². The summed E-state index contributed by atoms with van der Waals surface area (Å²) in [5.74, 6) is 0.495. The van der Waals surface area contributed by atoms with Crippen molar-refractivity contribution in [2.24, 2.45) is 5.92 Å². The zero-order valence-electron chi connectivity index (χ0n) is 11.5. The minimum Gasteiger partial charge on any atom is -0.301 e. The third-order valence-corrected chi connectivity index (χ3v) is 6.33. The van der Waals surface area contributed by atoms with E-state index in [2.05, 4.69) is 18.9 Å². The lowest BCUT2D eigenvalue weighted by Crippen LogP contribution is -2.34. The quantitative estimate of drug-likeness (QED) is 0.830. The first-order valence-electron chi connectivity index (χ1n) is 6.18. The van der Waals surface area contributed by atoms with Crippen LogP contribution in [0.15, 0.2) is 30.3 Å². The highest BCUT2D eigenvalue weighted by Crippen LogP contribution is 2.52. The van der Waals surface area contributed by atoms with Crippen LogP contribution in [-0.4, -0.2) is 11.7 Å². The van der Waals surface area contributed by atoms with Gasteiger partial charge in [-0.05, 0) is 5.92 Å². The Bertz CT molecular complexity index is 392. The molecule has 0 aliphatic heterocycles. The van der Waals surface area contributed by atoms with E-state index in [0.29, 0.717) is 5.92 Å². The second kappa shape index (κ2) is 5.37. The van der Waals surface area contributed by atoms with Crippen LogP contribution in [-0.2, 0) is 4.57 Å². The maximum Gasteiger partial charge on any atom is 0.181 e. The van der Waals surface area contributed by atoms with E-state index < -0.39 is 7.29 Å². The fraction of sp³-hybridized carbons (Fsp3) is 0.571. The molecule has 0 radical (unpaired) electrons. The van der Waals surface area contributed by atoms with E-state index in [1.54, 1.807) is 0 Å². The van der Waals surface area contributed by atoms with Gasteiger partial charge in [0.1, 0.15) is 0 Å². The second-order valence-corrected chi connectivity index (χ2v) is 9.26. The molecule has 0 fully saturated rings. The average Bonchev–Trinajstić information content (AvgIpc) is 2.25. The van der Waals surface area contributed by atoms with Crippen LogP contribution in [0.4, 0.5) is 0 Å². The summed E-state index contributed by atoms with van der Waals surface area (Å²) in [6.07, 6.45) is 0. The van der Waals surface area contributed by atoms with Gasteiger partial charge in [-0.25, -0.2) is 0 Å². The topological polar surface area (TPSA) is 29.1 Å². The van der Waals surface area contributed by atoms with E-state index in [-0.39, 0.29) is 5.16 Å². The van der Waals surface area contributed by atoms with E-state index in [1.165, 1.54) is 0 Å². The Morgan fingerprint density at radius 2 is 1.71 bits per heavy atom. The molecule has 3 heteroatoms. The SMILES string of the molecule is CC(C)CN[P@](=O)(c1ccccc1)C(C)(C)C. The molecule has 0 amide bonds. The molecule has 17 heavy (non-hydrogen) atoms. The van der Waals surface area contributed by atoms with Crippen molar-refractivity contribution < 1.29 is 4.57 Å². The molecule has 0 saturated heterocycles. The summed E-state index contributed by atoms with van der Waals surface area (Å²) in [5.41, 5.74) is 0. The van der Waals surface area contributed by atoms with Crippen molar-refractivity contribution in [1.29, 1.82) is 0 Å². The van der Waals surface area contributed by atoms with Crippen LogP contribution in [0, 0.1) is 5.92 Å². The molecule has 2 nitrogen and oxygen atoms in total. The number of hydrogen-bond acceptors (Lipinski definition) is 1.